The second-order valence-corrected chi connectivity index (χ2v) is 5.99. The highest BCUT2D eigenvalue weighted by Crippen LogP contribution is 2.30. The maximum absolute atomic E-state index is 12.0. The van der Waals surface area contributed by atoms with Gasteiger partial charge in [-0.15, -0.1) is 0 Å². The summed E-state index contributed by atoms with van der Waals surface area (Å²) in [6.07, 6.45) is 1.51. The Morgan fingerprint density at radius 1 is 1.57 bits per heavy atom. The summed E-state index contributed by atoms with van der Waals surface area (Å²) in [7, 11) is 0. The van der Waals surface area contributed by atoms with E-state index in [0.29, 0.717) is 0 Å². The third-order valence-electron chi connectivity index (χ3n) is 3.33. The van der Waals surface area contributed by atoms with E-state index >= 15 is 0 Å². The first kappa shape index (κ1) is 15.7. The summed E-state index contributed by atoms with van der Waals surface area (Å²) in [4.78, 5) is 22.3. The number of nitro benzene ring substituents is 1. The minimum atomic E-state index is -0.744. The standard InChI is InChI=1S/C14H16ClNO5/c1-14(2)6-5-10(21-14)8-20-13(17)11-4-3-9(15)7-12(11)16(18)19/h3-4,7,10H,5-6,8H2,1-2H3/t10-/m0/s1. The van der Waals surface area contributed by atoms with Gasteiger partial charge in [0, 0.05) is 11.1 Å². The van der Waals surface area contributed by atoms with E-state index in [9.17, 15) is 14.9 Å². The summed E-state index contributed by atoms with van der Waals surface area (Å²) in [5, 5.41) is 11.1. The first-order valence-corrected chi connectivity index (χ1v) is 6.95. The SMILES string of the molecule is CC1(C)CC[C@@H](COC(=O)c2ccc(Cl)cc2[N+](=O)[O-])O1. The molecule has 1 aliphatic heterocycles. The molecular weight excluding hydrogens is 298 g/mol. The number of nitrogens with zero attached hydrogens (tertiary/aromatic N) is 1. The van der Waals surface area contributed by atoms with Crippen LogP contribution in [0.1, 0.15) is 37.0 Å². The predicted octanol–water partition coefficient (Wildman–Crippen LogP) is 3.36. The Morgan fingerprint density at radius 2 is 2.29 bits per heavy atom. The van der Waals surface area contributed by atoms with Gasteiger partial charge in [0.25, 0.3) is 5.69 Å². The molecule has 0 amide bonds. The van der Waals surface area contributed by atoms with Gasteiger partial charge in [0.1, 0.15) is 12.2 Å². The largest absolute Gasteiger partial charge is 0.459 e. The molecule has 6 nitrogen and oxygen atoms in total. The van der Waals surface area contributed by atoms with Crippen molar-refractivity contribution in [2.75, 3.05) is 6.61 Å². The molecule has 0 aliphatic carbocycles. The van der Waals surface area contributed by atoms with Crippen LogP contribution in [0.2, 0.25) is 5.02 Å². The molecule has 1 fully saturated rings. The second-order valence-electron chi connectivity index (χ2n) is 5.56. The summed E-state index contributed by atoms with van der Waals surface area (Å²) in [5.41, 5.74) is -0.689. The Hall–Kier alpha value is -1.66. The van der Waals surface area contributed by atoms with Crippen molar-refractivity contribution in [2.45, 2.75) is 38.4 Å². The average Bonchev–Trinajstić information content (AvgIpc) is 2.75. The lowest BCUT2D eigenvalue weighted by molar-refractivity contribution is -0.385. The minimum absolute atomic E-state index is 0.0854. The molecule has 21 heavy (non-hydrogen) atoms. The van der Waals surface area contributed by atoms with E-state index in [1.165, 1.54) is 12.1 Å². The molecular formula is C14H16ClNO5. The highest BCUT2D eigenvalue weighted by Gasteiger charge is 2.32. The fourth-order valence-electron chi connectivity index (χ4n) is 2.27. The quantitative estimate of drug-likeness (QED) is 0.484. The fourth-order valence-corrected chi connectivity index (χ4v) is 2.44. The van der Waals surface area contributed by atoms with Gasteiger partial charge < -0.3 is 9.47 Å². The van der Waals surface area contributed by atoms with Crippen LogP contribution >= 0.6 is 11.6 Å². The predicted molar refractivity (Wildman–Crippen MR) is 76.6 cm³/mol. The molecule has 0 spiro atoms. The summed E-state index contributed by atoms with van der Waals surface area (Å²) in [6.45, 7) is 4.03. The maximum atomic E-state index is 12.0. The second kappa shape index (κ2) is 5.99. The number of hydrogen-bond acceptors (Lipinski definition) is 5. The van der Waals surface area contributed by atoms with Crippen LogP contribution in [-0.4, -0.2) is 29.2 Å². The fraction of sp³-hybridized carbons (Fsp3) is 0.500. The number of nitro groups is 1. The summed E-state index contributed by atoms with van der Waals surface area (Å²) in [6, 6.07) is 3.84. The van der Waals surface area contributed by atoms with Crippen LogP contribution in [0.5, 0.6) is 0 Å². The third kappa shape index (κ3) is 3.92. The van der Waals surface area contributed by atoms with Crippen LogP contribution in [0.4, 0.5) is 5.69 Å². The van der Waals surface area contributed by atoms with Crippen molar-refractivity contribution in [1.82, 2.24) is 0 Å². The molecule has 2 rings (SSSR count). The Morgan fingerprint density at radius 3 is 2.86 bits per heavy atom. The molecule has 1 aromatic carbocycles. The number of carbonyl (C=O) groups excluding carboxylic acids is 1. The van der Waals surface area contributed by atoms with Gasteiger partial charge in [0.15, 0.2) is 0 Å². The van der Waals surface area contributed by atoms with E-state index in [4.69, 9.17) is 21.1 Å². The van der Waals surface area contributed by atoms with E-state index in [2.05, 4.69) is 0 Å². The van der Waals surface area contributed by atoms with Gasteiger partial charge in [-0.2, -0.15) is 0 Å². The Kier molecular flexibility index (Phi) is 4.49. The van der Waals surface area contributed by atoms with Gasteiger partial charge in [0.2, 0.25) is 0 Å². The summed E-state index contributed by atoms with van der Waals surface area (Å²) in [5.74, 6) is -0.744. The summed E-state index contributed by atoms with van der Waals surface area (Å²) >= 11 is 5.70. The van der Waals surface area contributed by atoms with Crippen LogP contribution in [0.3, 0.4) is 0 Å². The van der Waals surface area contributed by atoms with Crippen LogP contribution in [0.15, 0.2) is 18.2 Å². The molecule has 0 radical (unpaired) electrons. The van der Waals surface area contributed by atoms with E-state index < -0.39 is 10.9 Å². The van der Waals surface area contributed by atoms with E-state index in [1.807, 2.05) is 13.8 Å². The molecule has 1 saturated heterocycles. The molecule has 0 saturated carbocycles. The first-order chi connectivity index (χ1) is 9.78. The van der Waals surface area contributed by atoms with Gasteiger partial charge in [-0.1, -0.05) is 11.6 Å². The smallest absolute Gasteiger partial charge is 0.345 e. The van der Waals surface area contributed by atoms with Crippen molar-refractivity contribution in [3.63, 3.8) is 0 Å². The summed E-state index contributed by atoms with van der Waals surface area (Å²) < 4.78 is 10.8. The molecule has 7 heteroatoms. The van der Waals surface area contributed by atoms with Gasteiger partial charge >= 0.3 is 5.97 Å². The number of esters is 1. The van der Waals surface area contributed by atoms with Crippen molar-refractivity contribution >= 4 is 23.3 Å². The lowest BCUT2D eigenvalue weighted by atomic mass is 10.1. The van der Waals surface area contributed by atoms with Gasteiger partial charge in [-0.25, -0.2) is 4.79 Å². The normalized spacial score (nSPS) is 20.2. The van der Waals surface area contributed by atoms with Gasteiger partial charge in [-0.3, -0.25) is 10.1 Å². The minimum Gasteiger partial charge on any atom is -0.459 e. The van der Waals surface area contributed by atoms with Gasteiger partial charge in [0.05, 0.1) is 16.6 Å². The van der Waals surface area contributed by atoms with Crippen LogP contribution < -0.4 is 0 Å². The van der Waals surface area contributed by atoms with Crippen molar-refractivity contribution < 1.29 is 19.2 Å². The molecule has 0 N–H and O–H groups in total. The monoisotopic (exact) mass is 313 g/mol. The van der Waals surface area contributed by atoms with E-state index in [-0.39, 0.29) is 34.6 Å². The Labute approximate surface area is 127 Å². The highest BCUT2D eigenvalue weighted by atomic mass is 35.5. The molecule has 0 unspecified atom stereocenters. The zero-order valence-electron chi connectivity index (χ0n) is 11.8. The topological polar surface area (TPSA) is 78.7 Å². The first-order valence-electron chi connectivity index (χ1n) is 6.57. The molecule has 1 atom stereocenters. The molecule has 0 aromatic heterocycles. The van der Waals surface area contributed by atoms with Crippen molar-refractivity contribution in [2.24, 2.45) is 0 Å². The molecule has 1 aromatic rings. The number of carbonyl (C=O) groups is 1. The molecule has 1 heterocycles. The Bertz CT molecular complexity index is 572. The molecule has 1 aliphatic rings. The maximum Gasteiger partial charge on any atom is 0.345 e. The zero-order valence-corrected chi connectivity index (χ0v) is 12.6. The molecule has 0 bridgehead atoms. The lowest BCUT2D eigenvalue weighted by Gasteiger charge is -2.19. The zero-order chi connectivity index (χ0) is 15.6. The van der Waals surface area contributed by atoms with Crippen molar-refractivity contribution in [1.29, 1.82) is 0 Å². The van der Waals surface area contributed by atoms with Crippen molar-refractivity contribution in [3.05, 3.63) is 38.9 Å². The van der Waals surface area contributed by atoms with Crippen molar-refractivity contribution in [3.8, 4) is 0 Å². The molecule has 114 valence electrons. The highest BCUT2D eigenvalue weighted by molar-refractivity contribution is 6.31. The van der Waals surface area contributed by atoms with Crippen LogP contribution in [0.25, 0.3) is 0 Å². The van der Waals surface area contributed by atoms with Gasteiger partial charge in [-0.05, 0) is 38.8 Å². The van der Waals surface area contributed by atoms with Crippen LogP contribution in [-0.2, 0) is 9.47 Å². The average molecular weight is 314 g/mol. The van der Waals surface area contributed by atoms with Crippen LogP contribution in [0, 0.1) is 10.1 Å². The van der Waals surface area contributed by atoms with E-state index in [0.717, 1.165) is 18.9 Å². The number of rotatable bonds is 4. The lowest BCUT2D eigenvalue weighted by Crippen LogP contribution is -2.24. The number of ether oxygens (including phenoxy) is 2. The number of benzene rings is 1. The Balaban J connectivity index is 2.03. The number of halogens is 1. The number of hydrogen-bond donors (Lipinski definition) is 0. The third-order valence-corrected chi connectivity index (χ3v) is 3.57. The van der Waals surface area contributed by atoms with E-state index in [1.54, 1.807) is 0 Å².